The maximum Gasteiger partial charge on any atom is 0.163 e. The van der Waals surface area contributed by atoms with Gasteiger partial charge in [-0.1, -0.05) is 0 Å². The van der Waals surface area contributed by atoms with Gasteiger partial charge in [0.15, 0.2) is 17.3 Å². The number of ether oxygens (including phenoxy) is 2. The molecule has 0 aliphatic carbocycles. The Hall–Kier alpha value is -1.84. The lowest BCUT2D eigenvalue weighted by atomic mass is 10.1. The number of hydrogen-bond donors (Lipinski definition) is 0. The molecule has 1 heterocycles. The van der Waals surface area contributed by atoms with Gasteiger partial charge in [0.05, 0.1) is 0 Å². The summed E-state index contributed by atoms with van der Waals surface area (Å²) >= 11 is 0. The normalized spacial score (nSPS) is 13.2. The highest BCUT2D eigenvalue weighted by Crippen LogP contribution is 2.31. The van der Waals surface area contributed by atoms with Crippen molar-refractivity contribution in [3.05, 3.63) is 23.8 Å². The van der Waals surface area contributed by atoms with Gasteiger partial charge in [-0.25, -0.2) is 0 Å². The van der Waals surface area contributed by atoms with E-state index < -0.39 is 0 Å². The van der Waals surface area contributed by atoms with Crippen LogP contribution in [-0.4, -0.2) is 25.3 Å². The highest BCUT2D eigenvalue weighted by atomic mass is 16.6. The van der Waals surface area contributed by atoms with E-state index in [1.54, 1.807) is 18.2 Å². The van der Waals surface area contributed by atoms with Crippen molar-refractivity contribution in [1.29, 1.82) is 0 Å². The number of fused-ring (bicyclic) bond motifs is 1. The first-order valence-electron chi connectivity index (χ1n) is 5.18. The molecule has 84 valence electrons. The van der Waals surface area contributed by atoms with Crippen molar-refractivity contribution in [1.82, 2.24) is 0 Å². The molecule has 0 spiro atoms. The number of ketones is 1. The van der Waals surface area contributed by atoms with Crippen LogP contribution >= 0.6 is 0 Å². The number of aldehydes is 1. The summed E-state index contributed by atoms with van der Waals surface area (Å²) < 4.78 is 10.7. The van der Waals surface area contributed by atoms with E-state index >= 15 is 0 Å². The molecule has 4 heteroatoms. The molecule has 0 aromatic heterocycles. The maximum atomic E-state index is 11.6. The van der Waals surface area contributed by atoms with Crippen LogP contribution in [0.1, 0.15) is 23.2 Å². The second-order valence-corrected chi connectivity index (χ2v) is 3.49. The van der Waals surface area contributed by atoms with Gasteiger partial charge in [-0.2, -0.15) is 0 Å². The zero-order chi connectivity index (χ0) is 11.4. The third kappa shape index (κ3) is 2.21. The first-order valence-corrected chi connectivity index (χ1v) is 5.18. The Balaban J connectivity index is 2.16. The number of Topliss-reactive ketones (excluding diaryl/α,β-unsaturated/α-hetero) is 1. The van der Waals surface area contributed by atoms with Crippen LogP contribution < -0.4 is 9.47 Å². The molecule has 1 aromatic rings. The summed E-state index contributed by atoms with van der Waals surface area (Å²) in [6.45, 7) is 1.03. The summed E-state index contributed by atoms with van der Waals surface area (Å²) in [5.74, 6) is 1.21. The first kappa shape index (κ1) is 10.7. The van der Waals surface area contributed by atoms with Crippen molar-refractivity contribution in [2.75, 3.05) is 13.2 Å². The molecule has 0 radical (unpaired) electrons. The van der Waals surface area contributed by atoms with Crippen molar-refractivity contribution >= 4 is 12.1 Å². The quantitative estimate of drug-likeness (QED) is 0.571. The molecule has 0 fully saturated rings. The Bertz CT molecular complexity index is 411. The zero-order valence-electron chi connectivity index (χ0n) is 8.77. The Morgan fingerprint density at radius 3 is 2.75 bits per heavy atom. The monoisotopic (exact) mass is 220 g/mol. The van der Waals surface area contributed by atoms with Gasteiger partial charge in [0.2, 0.25) is 0 Å². The fourth-order valence-corrected chi connectivity index (χ4v) is 1.55. The van der Waals surface area contributed by atoms with Crippen LogP contribution in [-0.2, 0) is 4.79 Å². The highest BCUT2D eigenvalue weighted by molar-refractivity contribution is 5.97. The second-order valence-electron chi connectivity index (χ2n) is 3.49. The number of benzene rings is 1. The summed E-state index contributed by atoms with van der Waals surface area (Å²) in [7, 11) is 0. The smallest absolute Gasteiger partial charge is 0.163 e. The number of carbonyl (C=O) groups is 2. The van der Waals surface area contributed by atoms with E-state index in [0.29, 0.717) is 30.3 Å². The fourth-order valence-electron chi connectivity index (χ4n) is 1.55. The molecule has 1 aromatic carbocycles. The summed E-state index contributed by atoms with van der Waals surface area (Å²) in [6, 6.07) is 5.09. The third-order valence-corrected chi connectivity index (χ3v) is 2.35. The number of rotatable bonds is 4. The van der Waals surface area contributed by atoms with E-state index in [1.165, 1.54) is 0 Å². The Morgan fingerprint density at radius 1 is 1.25 bits per heavy atom. The van der Waals surface area contributed by atoms with Gasteiger partial charge < -0.3 is 14.3 Å². The second kappa shape index (κ2) is 4.79. The van der Waals surface area contributed by atoms with E-state index in [0.717, 1.165) is 6.29 Å². The van der Waals surface area contributed by atoms with Gasteiger partial charge in [-0.3, -0.25) is 4.79 Å². The Morgan fingerprint density at radius 2 is 2.00 bits per heavy atom. The average Bonchev–Trinajstić information content (AvgIpc) is 2.35. The molecule has 2 rings (SSSR count). The van der Waals surface area contributed by atoms with E-state index in [9.17, 15) is 9.59 Å². The zero-order valence-corrected chi connectivity index (χ0v) is 8.77. The fraction of sp³-hybridized carbons (Fsp3) is 0.333. The number of carbonyl (C=O) groups excluding carboxylic acids is 2. The van der Waals surface area contributed by atoms with Crippen LogP contribution in [0.2, 0.25) is 0 Å². The van der Waals surface area contributed by atoms with Crippen LogP contribution in [0.15, 0.2) is 18.2 Å². The molecule has 0 N–H and O–H groups in total. The average molecular weight is 220 g/mol. The van der Waals surface area contributed by atoms with Gasteiger partial charge in [-0.05, 0) is 18.2 Å². The van der Waals surface area contributed by atoms with Crippen molar-refractivity contribution in [3.63, 3.8) is 0 Å². The molecule has 0 saturated carbocycles. The highest BCUT2D eigenvalue weighted by Gasteiger charge is 2.14. The molecular formula is C12H12O4. The molecule has 0 amide bonds. The van der Waals surface area contributed by atoms with E-state index in [-0.39, 0.29) is 18.6 Å². The van der Waals surface area contributed by atoms with Crippen LogP contribution in [0, 0.1) is 0 Å². The summed E-state index contributed by atoms with van der Waals surface area (Å²) in [5.41, 5.74) is 0.561. The molecule has 4 nitrogen and oxygen atoms in total. The van der Waals surface area contributed by atoms with Crippen LogP contribution in [0.4, 0.5) is 0 Å². The van der Waals surface area contributed by atoms with E-state index in [1.807, 2.05) is 0 Å². The molecule has 1 aliphatic rings. The Kier molecular flexibility index (Phi) is 3.19. The molecule has 0 saturated heterocycles. The lowest BCUT2D eigenvalue weighted by Crippen LogP contribution is -2.15. The SMILES string of the molecule is O=CCCC(=O)c1ccc2c(c1)OCCO2. The van der Waals surface area contributed by atoms with Gasteiger partial charge in [0.25, 0.3) is 0 Å². The van der Waals surface area contributed by atoms with E-state index in [2.05, 4.69) is 0 Å². The molecular weight excluding hydrogens is 208 g/mol. The lowest BCUT2D eigenvalue weighted by molar-refractivity contribution is -0.107. The van der Waals surface area contributed by atoms with Crippen LogP contribution in [0.3, 0.4) is 0 Å². The van der Waals surface area contributed by atoms with Crippen molar-refractivity contribution < 1.29 is 19.1 Å². The minimum absolute atomic E-state index is 0.0518. The predicted octanol–water partition coefficient (Wildman–Crippen LogP) is 1.62. The maximum absolute atomic E-state index is 11.6. The van der Waals surface area contributed by atoms with Crippen molar-refractivity contribution in [2.45, 2.75) is 12.8 Å². The predicted molar refractivity (Wildman–Crippen MR) is 57.1 cm³/mol. The first-order chi connectivity index (χ1) is 7.81. The largest absolute Gasteiger partial charge is 0.486 e. The molecule has 16 heavy (non-hydrogen) atoms. The van der Waals surface area contributed by atoms with Gasteiger partial charge in [0, 0.05) is 18.4 Å². The molecule has 1 aliphatic heterocycles. The minimum Gasteiger partial charge on any atom is -0.486 e. The van der Waals surface area contributed by atoms with E-state index in [4.69, 9.17) is 9.47 Å². The van der Waals surface area contributed by atoms with Crippen LogP contribution in [0.5, 0.6) is 11.5 Å². The molecule has 0 bridgehead atoms. The van der Waals surface area contributed by atoms with Gasteiger partial charge in [-0.15, -0.1) is 0 Å². The number of hydrogen-bond acceptors (Lipinski definition) is 4. The van der Waals surface area contributed by atoms with Crippen molar-refractivity contribution in [2.24, 2.45) is 0 Å². The van der Waals surface area contributed by atoms with Crippen LogP contribution in [0.25, 0.3) is 0 Å². The Labute approximate surface area is 93.2 Å². The topological polar surface area (TPSA) is 52.6 Å². The van der Waals surface area contributed by atoms with Gasteiger partial charge >= 0.3 is 0 Å². The summed E-state index contributed by atoms with van der Waals surface area (Å²) in [4.78, 5) is 21.8. The minimum atomic E-state index is -0.0518. The summed E-state index contributed by atoms with van der Waals surface area (Å²) in [6.07, 6.45) is 1.24. The molecule has 0 atom stereocenters. The lowest BCUT2D eigenvalue weighted by Gasteiger charge is -2.18. The third-order valence-electron chi connectivity index (χ3n) is 2.35. The van der Waals surface area contributed by atoms with Crippen molar-refractivity contribution in [3.8, 4) is 11.5 Å². The molecule has 0 unspecified atom stereocenters. The van der Waals surface area contributed by atoms with Gasteiger partial charge in [0.1, 0.15) is 19.5 Å². The summed E-state index contributed by atoms with van der Waals surface area (Å²) in [5, 5.41) is 0. The standard InChI is InChI=1S/C12H12O4/c13-5-1-2-10(14)9-3-4-11-12(8-9)16-7-6-15-11/h3-5,8H,1-2,6-7H2.